The molecule has 4 atom stereocenters. The zero-order valence-corrected chi connectivity index (χ0v) is 15.5. The van der Waals surface area contributed by atoms with E-state index in [-0.39, 0.29) is 24.5 Å². The Kier molecular flexibility index (Phi) is 4.05. The number of aromatic nitrogens is 1. The molecule has 1 aliphatic carbocycles. The van der Waals surface area contributed by atoms with E-state index in [9.17, 15) is 14.4 Å². The molecule has 1 aromatic heterocycles. The van der Waals surface area contributed by atoms with Crippen LogP contribution in [0.2, 0.25) is 0 Å². The number of halogens is 1. The third-order valence-corrected chi connectivity index (χ3v) is 6.23. The summed E-state index contributed by atoms with van der Waals surface area (Å²) in [6, 6.07) is 10.6. The van der Waals surface area contributed by atoms with Gasteiger partial charge >= 0.3 is 6.09 Å². The van der Waals surface area contributed by atoms with E-state index in [0.29, 0.717) is 42.3 Å². The van der Waals surface area contributed by atoms with Crippen molar-refractivity contribution in [1.82, 2.24) is 4.98 Å². The summed E-state index contributed by atoms with van der Waals surface area (Å²) in [5.74, 6) is -0.0772. The Morgan fingerprint density at radius 1 is 1.31 bits per heavy atom. The van der Waals surface area contributed by atoms with Crippen LogP contribution in [0.3, 0.4) is 0 Å². The summed E-state index contributed by atoms with van der Waals surface area (Å²) in [6.07, 6.45) is 0.678. The van der Waals surface area contributed by atoms with Crippen molar-refractivity contribution in [1.29, 1.82) is 5.26 Å². The molecule has 2 aromatic rings. The van der Waals surface area contributed by atoms with Gasteiger partial charge in [0.05, 0.1) is 37.2 Å². The van der Waals surface area contributed by atoms with Crippen LogP contribution in [0.4, 0.5) is 14.9 Å². The Labute approximate surface area is 166 Å². The second kappa shape index (κ2) is 6.51. The predicted molar refractivity (Wildman–Crippen MR) is 101 cm³/mol. The molecule has 3 aliphatic rings. The number of nitrogens with two attached hydrogens (primary N) is 1. The minimum Gasteiger partial charge on any atom is -0.443 e. The van der Waals surface area contributed by atoms with Gasteiger partial charge < -0.3 is 15.2 Å². The molecule has 2 aliphatic heterocycles. The number of carbonyl (C=O) groups excluding carboxylic acids is 1. The number of ether oxygens (including phenoxy) is 2. The minimum absolute atomic E-state index is 0.194. The maximum absolute atomic E-state index is 14.8. The summed E-state index contributed by atoms with van der Waals surface area (Å²) in [4.78, 5) is 17.8. The van der Waals surface area contributed by atoms with E-state index in [2.05, 4.69) is 11.1 Å². The number of fused-ring (bicyclic) bond motifs is 1. The van der Waals surface area contributed by atoms with Crippen LogP contribution < -0.4 is 10.6 Å². The zero-order chi connectivity index (χ0) is 20.2. The molecule has 0 spiro atoms. The quantitative estimate of drug-likeness (QED) is 0.853. The number of cyclic esters (lactones) is 1. The number of hydrogen-bond donors (Lipinski definition) is 1. The zero-order valence-electron chi connectivity index (χ0n) is 15.5. The highest BCUT2D eigenvalue weighted by Gasteiger charge is 2.70. The summed E-state index contributed by atoms with van der Waals surface area (Å²) in [6.45, 7) is 1.69. The van der Waals surface area contributed by atoms with Crippen molar-refractivity contribution in [2.45, 2.75) is 11.5 Å². The number of hydrogen-bond acceptors (Lipinski definition) is 6. The summed E-state index contributed by atoms with van der Waals surface area (Å²) in [7, 11) is 0. The topological polar surface area (TPSA) is 101 Å². The summed E-state index contributed by atoms with van der Waals surface area (Å²) < 4.78 is 25.3. The predicted octanol–water partition coefficient (Wildman–Crippen LogP) is 2.21. The smallest absolute Gasteiger partial charge is 0.414 e. The summed E-state index contributed by atoms with van der Waals surface area (Å²) in [5.41, 5.74) is 7.09. The number of anilines is 1. The molecule has 5 rings (SSSR count). The third kappa shape index (κ3) is 2.62. The van der Waals surface area contributed by atoms with Crippen molar-refractivity contribution in [3.8, 4) is 17.2 Å². The van der Waals surface area contributed by atoms with E-state index in [1.165, 1.54) is 11.0 Å². The van der Waals surface area contributed by atoms with Crippen LogP contribution in [0.15, 0.2) is 36.5 Å². The first-order valence-electron chi connectivity index (χ1n) is 9.52. The van der Waals surface area contributed by atoms with Crippen LogP contribution in [-0.2, 0) is 14.9 Å². The molecule has 1 aromatic carbocycles. The Morgan fingerprint density at radius 2 is 2.10 bits per heavy atom. The Balaban J connectivity index is 1.39. The van der Waals surface area contributed by atoms with E-state index in [1.807, 2.05) is 0 Å². The Bertz CT molecular complexity index is 1010. The van der Waals surface area contributed by atoms with Gasteiger partial charge in [0.25, 0.3) is 0 Å². The molecule has 0 bridgehead atoms. The Morgan fingerprint density at radius 3 is 2.69 bits per heavy atom. The number of nitrogens with zero attached hydrogens (tertiary/aromatic N) is 3. The Hall–Kier alpha value is -3.02. The SMILES string of the molecule is N#C[C@@]1(c2ccc(-c3ccc(N4C[C@H](CN)OC4=O)cc3F)cn2)[C@@H]2COC[C@@H]21. The van der Waals surface area contributed by atoms with Crippen LogP contribution in [0, 0.1) is 29.0 Å². The lowest BCUT2D eigenvalue weighted by Crippen LogP contribution is -2.27. The first-order valence-corrected chi connectivity index (χ1v) is 9.52. The second-order valence-corrected chi connectivity index (χ2v) is 7.68. The lowest BCUT2D eigenvalue weighted by atomic mass is 9.96. The van der Waals surface area contributed by atoms with Crippen LogP contribution in [0.1, 0.15) is 5.69 Å². The van der Waals surface area contributed by atoms with E-state index >= 15 is 0 Å². The highest BCUT2D eigenvalue weighted by atomic mass is 19.1. The molecule has 148 valence electrons. The molecular formula is C21H19FN4O3. The minimum atomic E-state index is -0.575. The van der Waals surface area contributed by atoms with E-state index < -0.39 is 17.3 Å². The first-order chi connectivity index (χ1) is 14.1. The molecule has 2 N–H and O–H groups in total. The van der Waals surface area contributed by atoms with Gasteiger partial charge in [-0.3, -0.25) is 9.88 Å². The average molecular weight is 394 g/mol. The number of benzene rings is 1. The normalized spacial score (nSPS) is 30.0. The first kappa shape index (κ1) is 18.0. The van der Waals surface area contributed by atoms with Gasteiger partial charge in [-0.05, 0) is 24.3 Å². The van der Waals surface area contributed by atoms with E-state index in [4.69, 9.17) is 15.2 Å². The fourth-order valence-electron chi connectivity index (χ4n) is 4.52. The summed E-state index contributed by atoms with van der Waals surface area (Å²) in [5, 5.41) is 9.68. The van der Waals surface area contributed by atoms with E-state index in [1.54, 1.807) is 30.5 Å². The van der Waals surface area contributed by atoms with Gasteiger partial charge in [-0.25, -0.2) is 9.18 Å². The number of amides is 1. The maximum atomic E-state index is 14.8. The lowest BCUT2D eigenvalue weighted by molar-refractivity contribution is 0.145. The van der Waals surface area contributed by atoms with Gasteiger partial charge in [0.1, 0.15) is 17.3 Å². The van der Waals surface area contributed by atoms with Crippen LogP contribution in [-0.4, -0.2) is 43.5 Å². The van der Waals surface area contributed by atoms with Crippen molar-refractivity contribution in [2.24, 2.45) is 17.6 Å². The molecule has 8 heteroatoms. The number of carbonyl (C=O) groups is 1. The number of rotatable bonds is 4. The molecule has 3 heterocycles. The van der Waals surface area contributed by atoms with Crippen LogP contribution >= 0.6 is 0 Å². The van der Waals surface area contributed by atoms with Gasteiger partial charge in [-0.15, -0.1) is 0 Å². The van der Waals surface area contributed by atoms with Crippen molar-refractivity contribution >= 4 is 11.8 Å². The fourth-order valence-corrected chi connectivity index (χ4v) is 4.52. The number of nitriles is 1. The summed E-state index contributed by atoms with van der Waals surface area (Å²) >= 11 is 0. The van der Waals surface area contributed by atoms with Gasteiger partial charge in [-0.1, -0.05) is 6.07 Å². The van der Waals surface area contributed by atoms with Crippen molar-refractivity contribution < 1.29 is 18.7 Å². The largest absolute Gasteiger partial charge is 0.443 e. The van der Waals surface area contributed by atoms with Gasteiger partial charge in [0, 0.05) is 35.7 Å². The molecule has 1 amide bonds. The average Bonchev–Trinajstić information content (AvgIpc) is 3.06. The highest BCUT2D eigenvalue weighted by Crippen LogP contribution is 2.62. The standard InChI is InChI=1S/C21H19FN4O3/c22-18-5-13(26-8-14(6-23)29-20(26)27)2-3-15(18)12-1-4-19(25-7-12)21(11-24)16-9-28-10-17(16)21/h1-5,7,14,16-17H,6,8-10,23H2/t14-,16-,17+,21-/m0/s1. The fraction of sp³-hybridized carbons (Fsp3) is 0.381. The van der Waals surface area contributed by atoms with Gasteiger partial charge in [0.15, 0.2) is 0 Å². The number of pyridine rings is 1. The second-order valence-electron chi connectivity index (χ2n) is 7.68. The van der Waals surface area contributed by atoms with Crippen molar-refractivity contribution in [2.75, 3.05) is 31.2 Å². The van der Waals surface area contributed by atoms with E-state index in [0.717, 1.165) is 0 Å². The molecular weight excluding hydrogens is 375 g/mol. The third-order valence-electron chi connectivity index (χ3n) is 6.23. The van der Waals surface area contributed by atoms with Crippen molar-refractivity contribution in [3.63, 3.8) is 0 Å². The van der Waals surface area contributed by atoms with Gasteiger partial charge in [0.2, 0.25) is 0 Å². The molecule has 0 unspecified atom stereocenters. The maximum Gasteiger partial charge on any atom is 0.414 e. The molecule has 1 saturated carbocycles. The molecule has 0 radical (unpaired) electrons. The molecule has 7 nitrogen and oxygen atoms in total. The molecule has 3 fully saturated rings. The molecule has 29 heavy (non-hydrogen) atoms. The monoisotopic (exact) mass is 394 g/mol. The van der Waals surface area contributed by atoms with Crippen LogP contribution in [0.5, 0.6) is 0 Å². The highest BCUT2D eigenvalue weighted by molar-refractivity contribution is 5.90. The van der Waals surface area contributed by atoms with Crippen LogP contribution in [0.25, 0.3) is 11.1 Å². The lowest BCUT2D eigenvalue weighted by Gasteiger charge is -2.15. The van der Waals surface area contributed by atoms with Crippen molar-refractivity contribution in [3.05, 3.63) is 48.0 Å². The molecule has 2 saturated heterocycles. The van der Waals surface area contributed by atoms with Gasteiger partial charge in [-0.2, -0.15) is 5.26 Å².